The number of aliphatic hydroxyl groups excluding tert-OH is 1. The number of ether oxygens (including phenoxy) is 1. The van der Waals surface area contributed by atoms with E-state index in [4.69, 9.17) is 9.84 Å². The highest BCUT2D eigenvalue weighted by Gasteiger charge is 2.23. The number of rotatable bonds is 4. The van der Waals surface area contributed by atoms with E-state index in [0.29, 0.717) is 24.2 Å². The Kier molecular flexibility index (Phi) is 5.79. The molecule has 1 saturated heterocycles. The lowest BCUT2D eigenvalue weighted by atomic mass is 10.1. The molecule has 0 saturated carbocycles. The third-order valence-corrected chi connectivity index (χ3v) is 3.58. The van der Waals surface area contributed by atoms with Gasteiger partial charge in [-0.2, -0.15) is 0 Å². The third-order valence-electron chi connectivity index (χ3n) is 3.58. The van der Waals surface area contributed by atoms with Crippen molar-refractivity contribution in [3.63, 3.8) is 0 Å². The van der Waals surface area contributed by atoms with Gasteiger partial charge in [0.1, 0.15) is 6.61 Å². The van der Waals surface area contributed by atoms with E-state index < -0.39 is 0 Å². The molecule has 1 atom stereocenters. The fraction of sp³-hybridized carbons (Fsp3) is 0.471. The molecule has 21 heavy (non-hydrogen) atoms. The molecule has 1 fully saturated rings. The standard InChI is InChI=1S/C17H21NO3/c1-2-18(13-15-9-6-12-21-15)17(20)16-10-4-3-7-14(16)8-5-11-19/h3-4,7,10,15,19H,2,6,9,11-13H2,1H3. The molecule has 0 bridgehead atoms. The summed E-state index contributed by atoms with van der Waals surface area (Å²) in [6.45, 7) is 3.80. The monoisotopic (exact) mass is 287 g/mol. The summed E-state index contributed by atoms with van der Waals surface area (Å²) in [4.78, 5) is 14.5. The van der Waals surface area contributed by atoms with E-state index in [-0.39, 0.29) is 18.6 Å². The highest BCUT2D eigenvalue weighted by molar-refractivity contribution is 5.96. The highest BCUT2D eigenvalue weighted by Crippen LogP contribution is 2.16. The molecular weight excluding hydrogens is 266 g/mol. The first-order valence-corrected chi connectivity index (χ1v) is 7.36. The Hall–Kier alpha value is -1.83. The Morgan fingerprint density at radius 1 is 1.48 bits per heavy atom. The molecule has 0 aromatic heterocycles. The molecule has 1 aliphatic heterocycles. The van der Waals surface area contributed by atoms with Crippen LogP contribution in [-0.4, -0.2) is 48.3 Å². The predicted octanol–water partition coefficient (Wildman–Crippen LogP) is 1.67. The van der Waals surface area contributed by atoms with E-state index >= 15 is 0 Å². The van der Waals surface area contributed by atoms with E-state index in [2.05, 4.69) is 11.8 Å². The minimum absolute atomic E-state index is 0.0316. The summed E-state index contributed by atoms with van der Waals surface area (Å²) in [6, 6.07) is 7.25. The highest BCUT2D eigenvalue weighted by atomic mass is 16.5. The van der Waals surface area contributed by atoms with Crippen LogP contribution in [0.1, 0.15) is 35.7 Å². The summed E-state index contributed by atoms with van der Waals surface area (Å²) in [5.41, 5.74) is 1.24. The lowest BCUT2D eigenvalue weighted by Gasteiger charge is -2.24. The Balaban J connectivity index is 2.16. The average Bonchev–Trinajstić information content (AvgIpc) is 3.03. The first-order chi connectivity index (χ1) is 10.3. The molecule has 1 amide bonds. The van der Waals surface area contributed by atoms with Crippen LogP contribution >= 0.6 is 0 Å². The van der Waals surface area contributed by atoms with Crippen LogP contribution in [0, 0.1) is 11.8 Å². The van der Waals surface area contributed by atoms with Crippen molar-refractivity contribution in [1.29, 1.82) is 0 Å². The second-order valence-electron chi connectivity index (χ2n) is 4.98. The van der Waals surface area contributed by atoms with Gasteiger partial charge < -0.3 is 14.7 Å². The van der Waals surface area contributed by atoms with Gasteiger partial charge >= 0.3 is 0 Å². The van der Waals surface area contributed by atoms with Gasteiger partial charge in [-0.25, -0.2) is 0 Å². The van der Waals surface area contributed by atoms with Gasteiger partial charge in [-0.3, -0.25) is 4.79 Å². The predicted molar refractivity (Wildman–Crippen MR) is 81.0 cm³/mol. The SMILES string of the molecule is CCN(CC1CCCO1)C(=O)c1ccccc1C#CCO. The van der Waals surface area contributed by atoms with Gasteiger partial charge in [0.05, 0.1) is 11.7 Å². The van der Waals surface area contributed by atoms with Crippen molar-refractivity contribution in [2.24, 2.45) is 0 Å². The van der Waals surface area contributed by atoms with Crippen LogP contribution in [-0.2, 0) is 4.74 Å². The average molecular weight is 287 g/mol. The lowest BCUT2D eigenvalue weighted by Crippen LogP contribution is -2.37. The molecule has 2 rings (SSSR count). The molecule has 112 valence electrons. The van der Waals surface area contributed by atoms with Gasteiger partial charge in [0.15, 0.2) is 0 Å². The number of carbonyl (C=O) groups is 1. The Bertz CT molecular complexity index is 538. The molecule has 4 nitrogen and oxygen atoms in total. The second kappa shape index (κ2) is 7.82. The van der Waals surface area contributed by atoms with Crippen molar-refractivity contribution in [3.8, 4) is 11.8 Å². The smallest absolute Gasteiger partial charge is 0.255 e. The van der Waals surface area contributed by atoms with Crippen molar-refractivity contribution in [2.75, 3.05) is 26.3 Å². The van der Waals surface area contributed by atoms with Crippen LogP contribution < -0.4 is 0 Å². The summed E-state index contributed by atoms with van der Waals surface area (Å²) < 4.78 is 5.61. The maximum Gasteiger partial charge on any atom is 0.255 e. The molecular formula is C17H21NO3. The Morgan fingerprint density at radius 3 is 2.95 bits per heavy atom. The van der Waals surface area contributed by atoms with Crippen LogP contribution in [0.3, 0.4) is 0 Å². The molecule has 1 N–H and O–H groups in total. The van der Waals surface area contributed by atoms with Crippen LogP contribution in [0.25, 0.3) is 0 Å². The molecule has 4 heteroatoms. The number of benzene rings is 1. The minimum Gasteiger partial charge on any atom is -0.384 e. The summed E-state index contributed by atoms with van der Waals surface area (Å²) in [6.07, 6.45) is 2.22. The molecule has 0 radical (unpaired) electrons. The minimum atomic E-state index is -0.212. The van der Waals surface area contributed by atoms with Crippen molar-refractivity contribution in [3.05, 3.63) is 35.4 Å². The van der Waals surface area contributed by atoms with E-state index in [1.165, 1.54) is 0 Å². The normalized spacial score (nSPS) is 17.1. The number of hydrogen-bond acceptors (Lipinski definition) is 3. The number of amides is 1. The van der Waals surface area contributed by atoms with E-state index in [1.54, 1.807) is 17.0 Å². The molecule has 0 spiro atoms. The van der Waals surface area contributed by atoms with Gasteiger partial charge in [0.2, 0.25) is 0 Å². The maximum atomic E-state index is 12.7. The number of hydrogen-bond donors (Lipinski definition) is 1. The third kappa shape index (κ3) is 4.07. The Morgan fingerprint density at radius 2 is 2.29 bits per heavy atom. The molecule has 1 aliphatic rings. The zero-order chi connectivity index (χ0) is 15.1. The van der Waals surface area contributed by atoms with Crippen LogP contribution in [0.4, 0.5) is 0 Å². The Labute approximate surface area is 125 Å². The summed E-state index contributed by atoms with van der Waals surface area (Å²) in [7, 11) is 0. The van der Waals surface area contributed by atoms with E-state index in [9.17, 15) is 4.79 Å². The number of carbonyl (C=O) groups excluding carboxylic acids is 1. The molecule has 1 aromatic rings. The molecule has 1 heterocycles. The fourth-order valence-electron chi connectivity index (χ4n) is 2.47. The van der Waals surface area contributed by atoms with E-state index in [1.807, 2.05) is 19.1 Å². The maximum absolute atomic E-state index is 12.7. The van der Waals surface area contributed by atoms with Crippen LogP contribution in [0.2, 0.25) is 0 Å². The molecule has 1 unspecified atom stereocenters. The first kappa shape index (κ1) is 15.6. The van der Waals surface area contributed by atoms with Crippen molar-refractivity contribution >= 4 is 5.91 Å². The van der Waals surface area contributed by atoms with Crippen LogP contribution in [0.5, 0.6) is 0 Å². The van der Waals surface area contributed by atoms with E-state index in [0.717, 1.165) is 19.4 Å². The van der Waals surface area contributed by atoms with Gasteiger partial charge in [-0.15, -0.1) is 0 Å². The summed E-state index contributed by atoms with van der Waals surface area (Å²) >= 11 is 0. The van der Waals surface area contributed by atoms with Crippen molar-refractivity contribution in [2.45, 2.75) is 25.9 Å². The number of likely N-dealkylation sites (N-methyl/N-ethyl adjacent to an activating group) is 1. The van der Waals surface area contributed by atoms with Gasteiger partial charge in [-0.05, 0) is 31.9 Å². The summed E-state index contributed by atoms with van der Waals surface area (Å²) in [5, 5.41) is 8.82. The van der Waals surface area contributed by atoms with Gasteiger partial charge in [0, 0.05) is 25.3 Å². The van der Waals surface area contributed by atoms with Gasteiger partial charge in [-0.1, -0.05) is 24.0 Å². The quantitative estimate of drug-likeness (QED) is 0.857. The summed E-state index contributed by atoms with van der Waals surface area (Å²) in [5.74, 6) is 5.41. The van der Waals surface area contributed by atoms with Crippen LogP contribution in [0.15, 0.2) is 24.3 Å². The zero-order valence-corrected chi connectivity index (χ0v) is 12.3. The number of nitrogens with zero attached hydrogens (tertiary/aromatic N) is 1. The zero-order valence-electron chi connectivity index (χ0n) is 12.3. The van der Waals surface area contributed by atoms with Crippen molar-refractivity contribution in [1.82, 2.24) is 4.90 Å². The largest absolute Gasteiger partial charge is 0.384 e. The molecule has 1 aromatic carbocycles. The lowest BCUT2D eigenvalue weighted by molar-refractivity contribution is 0.0539. The molecule has 0 aliphatic carbocycles. The number of aliphatic hydroxyl groups is 1. The van der Waals surface area contributed by atoms with Crippen molar-refractivity contribution < 1.29 is 14.6 Å². The fourth-order valence-corrected chi connectivity index (χ4v) is 2.47. The van der Waals surface area contributed by atoms with Gasteiger partial charge in [0.25, 0.3) is 5.91 Å². The first-order valence-electron chi connectivity index (χ1n) is 7.36. The topological polar surface area (TPSA) is 49.8 Å². The second-order valence-corrected chi connectivity index (χ2v) is 4.98.